The summed E-state index contributed by atoms with van der Waals surface area (Å²) >= 11 is 0. The highest BCUT2D eigenvalue weighted by atomic mass is 31.0. The number of ether oxygens (including phenoxy) is 1. The molecule has 6 N–H and O–H groups in total. The maximum Gasteiger partial charge on any atom is 0.417 e. The minimum atomic E-state index is -4.58. The van der Waals surface area contributed by atoms with Gasteiger partial charge in [0, 0.05) is 25.1 Å². The molecule has 1 saturated heterocycles. The molecular formula is C28H41F3N3O9P3. The molecule has 1 aromatic carbocycles. The van der Waals surface area contributed by atoms with Crippen molar-refractivity contribution in [2.24, 2.45) is 0 Å². The fourth-order valence-corrected chi connectivity index (χ4v) is 4.07. The van der Waals surface area contributed by atoms with Gasteiger partial charge in [0.2, 0.25) is 0 Å². The standard InChI is InChI=1S/C23H22F3N3O6.C5H10.3H3OP/c24-23(25,26)16-4-2-1-3-15(16)13-5-8-27-14(11-13)12-29-18(31)6-9-28(22(29)34)21-20(33)19(32)17(35-21)7-10-30;1-4-5(2)3;3*1-2/h1-6,8-9,11,17,19-21,30,32-33H,7,10,12H2;4H,1-3H3;3*1H,2H2. The van der Waals surface area contributed by atoms with E-state index in [1.54, 1.807) is 0 Å². The summed E-state index contributed by atoms with van der Waals surface area (Å²) in [7, 11) is 4.25. The lowest BCUT2D eigenvalue weighted by molar-refractivity contribution is -0.137. The number of aliphatic hydroxyl groups excluding tert-OH is 3. The summed E-state index contributed by atoms with van der Waals surface area (Å²) in [5, 5.41) is 29.6. The fraction of sp³-hybridized carbons (Fsp3) is 0.393. The maximum atomic E-state index is 13.4. The van der Waals surface area contributed by atoms with E-state index >= 15 is 0 Å². The van der Waals surface area contributed by atoms with Crippen LogP contribution in [0.3, 0.4) is 0 Å². The predicted octanol–water partition coefficient (Wildman–Crippen LogP) is 2.42. The Kier molecular flexibility index (Phi) is 21.0. The molecule has 0 spiro atoms. The lowest BCUT2D eigenvalue weighted by atomic mass is 9.99. The van der Waals surface area contributed by atoms with Crippen LogP contribution in [0, 0.1) is 0 Å². The van der Waals surface area contributed by atoms with Crippen LogP contribution in [0.1, 0.15) is 44.7 Å². The van der Waals surface area contributed by atoms with Crippen molar-refractivity contribution in [3.8, 4) is 11.1 Å². The molecule has 0 aliphatic carbocycles. The van der Waals surface area contributed by atoms with Crippen LogP contribution in [0.5, 0.6) is 0 Å². The van der Waals surface area contributed by atoms with Crippen LogP contribution in [0.4, 0.5) is 13.2 Å². The lowest BCUT2D eigenvalue weighted by Gasteiger charge is -2.19. The minimum absolute atomic E-state index is 0.0270. The van der Waals surface area contributed by atoms with E-state index in [0.29, 0.717) is 0 Å². The highest BCUT2D eigenvalue weighted by Gasteiger charge is 2.43. The summed E-state index contributed by atoms with van der Waals surface area (Å²) in [6, 6.07) is 8.84. The molecule has 1 aliphatic rings. The average molecular weight is 714 g/mol. The first-order valence-electron chi connectivity index (χ1n) is 13.3. The van der Waals surface area contributed by atoms with Gasteiger partial charge < -0.3 is 34.7 Å². The minimum Gasteiger partial charge on any atom is -0.396 e. The van der Waals surface area contributed by atoms with Gasteiger partial charge >= 0.3 is 11.9 Å². The largest absolute Gasteiger partial charge is 0.417 e. The van der Waals surface area contributed by atoms with Crippen LogP contribution in [0.2, 0.25) is 0 Å². The van der Waals surface area contributed by atoms with Crippen molar-refractivity contribution >= 4 is 28.4 Å². The normalized spacial score (nSPS) is 18.2. The van der Waals surface area contributed by atoms with E-state index in [4.69, 9.17) is 24.5 Å². The van der Waals surface area contributed by atoms with Gasteiger partial charge in [-0.05, 0) is 84.9 Å². The highest BCUT2D eigenvalue weighted by Crippen LogP contribution is 2.37. The van der Waals surface area contributed by atoms with Crippen LogP contribution in [-0.2, 0) is 17.5 Å². The zero-order chi connectivity index (χ0) is 35.6. The molecule has 0 bridgehead atoms. The quantitative estimate of drug-likeness (QED) is 0.164. The molecule has 7 atom stereocenters. The van der Waals surface area contributed by atoms with Crippen LogP contribution in [-0.4, -0.2) is 69.0 Å². The average Bonchev–Trinajstić information content (AvgIpc) is 3.34. The van der Waals surface area contributed by atoms with E-state index in [1.807, 2.05) is 6.92 Å². The molecule has 0 radical (unpaired) electrons. The van der Waals surface area contributed by atoms with Crippen molar-refractivity contribution < 1.29 is 47.9 Å². The second-order valence-electron chi connectivity index (χ2n) is 9.43. The van der Waals surface area contributed by atoms with Crippen molar-refractivity contribution in [3.63, 3.8) is 0 Å². The number of aromatic nitrogens is 3. The van der Waals surface area contributed by atoms with Crippen molar-refractivity contribution in [3.05, 3.63) is 98.6 Å². The topological polar surface area (TPSA) is 188 Å². The smallest absolute Gasteiger partial charge is 0.396 e. The van der Waals surface area contributed by atoms with Gasteiger partial charge in [0.05, 0.1) is 23.9 Å². The summed E-state index contributed by atoms with van der Waals surface area (Å²) in [6.07, 6.45) is -5.14. The van der Waals surface area contributed by atoms with Crippen LogP contribution >= 0.6 is 28.4 Å². The Morgan fingerprint density at radius 1 is 1.00 bits per heavy atom. The van der Waals surface area contributed by atoms with Gasteiger partial charge in [-0.25, -0.2) is 4.79 Å². The lowest BCUT2D eigenvalue weighted by Crippen LogP contribution is -2.43. The number of rotatable bonds is 6. The number of hydrogen-bond acceptors (Lipinski definition) is 10. The van der Waals surface area contributed by atoms with Crippen molar-refractivity contribution in [2.75, 3.05) is 6.61 Å². The molecule has 4 rings (SSSR count). The van der Waals surface area contributed by atoms with Gasteiger partial charge in [-0.15, -0.1) is 0 Å². The Balaban J connectivity index is 0.00000163. The Morgan fingerprint density at radius 3 is 2.13 bits per heavy atom. The van der Waals surface area contributed by atoms with Crippen LogP contribution in [0.15, 0.2) is 76.1 Å². The summed E-state index contributed by atoms with van der Waals surface area (Å²) in [6.45, 7) is 5.54. The van der Waals surface area contributed by atoms with E-state index in [2.05, 4.69) is 24.9 Å². The number of benzene rings is 1. The number of hydrogen-bond donors (Lipinski definition) is 6. The Bertz CT molecular complexity index is 1470. The molecule has 0 saturated carbocycles. The molecule has 0 amide bonds. The van der Waals surface area contributed by atoms with Gasteiger partial charge in [-0.3, -0.25) is 18.9 Å². The number of nitrogens with zero attached hydrogens (tertiary/aromatic N) is 3. The summed E-state index contributed by atoms with van der Waals surface area (Å²) in [5.41, 5.74) is -0.743. The summed E-state index contributed by atoms with van der Waals surface area (Å²) < 4.78 is 47.6. The Labute approximate surface area is 271 Å². The molecule has 3 aromatic rings. The molecule has 3 heterocycles. The molecule has 46 heavy (non-hydrogen) atoms. The number of aliphatic hydroxyl groups is 3. The van der Waals surface area contributed by atoms with Gasteiger partial charge in [0.1, 0.15) is 12.2 Å². The molecule has 258 valence electrons. The Hall–Kier alpha value is -2.41. The van der Waals surface area contributed by atoms with Crippen molar-refractivity contribution in [1.29, 1.82) is 0 Å². The first-order chi connectivity index (χ1) is 21.9. The van der Waals surface area contributed by atoms with E-state index < -0.39 is 47.5 Å². The molecule has 1 fully saturated rings. The molecular weight excluding hydrogens is 672 g/mol. The second-order valence-corrected chi connectivity index (χ2v) is 9.43. The van der Waals surface area contributed by atoms with Gasteiger partial charge in [-0.1, -0.05) is 29.8 Å². The first-order valence-corrected chi connectivity index (χ1v) is 14.9. The van der Waals surface area contributed by atoms with Crippen molar-refractivity contribution in [2.45, 2.75) is 64.5 Å². The van der Waals surface area contributed by atoms with Crippen molar-refractivity contribution in [1.82, 2.24) is 14.1 Å². The van der Waals surface area contributed by atoms with E-state index in [-0.39, 0.29) is 36.4 Å². The Morgan fingerprint density at radius 2 is 1.59 bits per heavy atom. The molecule has 18 heteroatoms. The molecule has 2 aromatic heterocycles. The predicted molar refractivity (Wildman–Crippen MR) is 177 cm³/mol. The zero-order valence-corrected chi connectivity index (χ0v) is 28.8. The fourth-order valence-electron chi connectivity index (χ4n) is 4.07. The van der Waals surface area contributed by atoms with Gasteiger partial charge in [-0.2, -0.15) is 13.2 Å². The maximum absolute atomic E-state index is 13.4. The van der Waals surface area contributed by atoms with Gasteiger partial charge in [0.25, 0.3) is 5.56 Å². The zero-order valence-electron chi connectivity index (χ0n) is 25.3. The summed E-state index contributed by atoms with van der Waals surface area (Å²) in [4.78, 5) is 50.4. The highest BCUT2D eigenvalue weighted by molar-refractivity contribution is 7.08. The number of alkyl halides is 3. The molecule has 1 aliphatic heterocycles. The third kappa shape index (κ3) is 12.3. The van der Waals surface area contributed by atoms with E-state index in [9.17, 15) is 33.0 Å². The third-order valence-electron chi connectivity index (χ3n) is 6.38. The van der Waals surface area contributed by atoms with Crippen LogP contribution < -0.4 is 11.2 Å². The summed E-state index contributed by atoms with van der Waals surface area (Å²) in [5.74, 6) is 0. The monoisotopic (exact) mass is 713 g/mol. The first kappa shape index (κ1) is 43.6. The van der Waals surface area contributed by atoms with E-state index in [0.717, 1.165) is 27.5 Å². The molecule has 12 nitrogen and oxygen atoms in total. The second kappa shape index (κ2) is 22.2. The molecule has 7 unspecified atom stereocenters. The number of allylic oxidation sites excluding steroid dienone is 2. The number of halogens is 3. The number of pyridine rings is 1. The van der Waals surface area contributed by atoms with E-state index in [1.165, 1.54) is 70.5 Å². The SMILES string of the molecule is CC=C(C)C.O=c1ccn(C2OC(CCO)C(O)C2O)c(=O)n1Cc1cc(-c2ccccc2C(F)(F)F)ccn1.OP.OP.OP. The van der Waals surface area contributed by atoms with Gasteiger partial charge in [0.15, 0.2) is 6.23 Å². The van der Waals surface area contributed by atoms with Crippen LogP contribution in [0.25, 0.3) is 11.1 Å². The third-order valence-corrected chi connectivity index (χ3v) is 6.38.